The monoisotopic (exact) mass is 216 g/mol. The number of aromatic nitrogens is 1. The summed E-state index contributed by atoms with van der Waals surface area (Å²) in [6.45, 7) is 2.00. The highest BCUT2D eigenvalue weighted by atomic mass is 35.5. The predicted molar refractivity (Wildman–Crippen MR) is 54.2 cm³/mol. The van der Waals surface area contributed by atoms with E-state index in [9.17, 15) is 4.79 Å². The zero-order chi connectivity index (χ0) is 9.84. The van der Waals surface area contributed by atoms with Crippen LogP contribution in [-0.4, -0.2) is 16.6 Å². The predicted octanol–water partition coefficient (Wildman–Crippen LogP) is 1.95. The van der Waals surface area contributed by atoms with E-state index in [-0.39, 0.29) is 0 Å². The van der Waals surface area contributed by atoms with Crippen molar-refractivity contribution in [1.29, 1.82) is 0 Å². The molecule has 0 radical (unpaired) electrons. The summed E-state index contributed by atoms with van der Waals surface area (Å²) in [7, 11) is 0. The zero-order valence-corrected chi connectivity index (χ0v) is 8.65. The van der Waals surface area contributed by atoms with Crippen LogP contribution >= 0.6 is 23.4 Å². The van der Waals surface area contributed by atoms with Crippen LogP contribution in [-0.2, 0) is 0 Å². The molecule has 70 valence electrons. The quantitative estimate of drug-likeness (QED) is 0.621. The van der Waals surface area contributed by atoms with Gasteiger partial charge in [-0.2, -0.15) is 0 Å². The molecule has 1 heterocycles. The number of carbonyl (C=O) groups is 1. The molecule has 0 aliphatic heterocycles. The Balaban J connectivity index is 3.03. The minimum Gasteiger partial charge on any atom is -0.366 e. The largest absolute Gasteiger partial charge is 0.366 e. The van der Waals surface area contributed by atoms with E-state index < -0.39 is 5.91 Å². The number of amides is 1. The smallest absolute Gasteiger partial charge is 0.248 e. The third-order valence-corrected chi connectivity index (χ3v) is 2.33. The summed E-state index contributed by atoms with van der Waals surface area (Å²) in [5, 5.41) is 1.02. The lowest BCUT2D eigenvalue weighted by atomic mass is 10.3. The van der Waals surface area contributed by atoms with Crippen molar-refractivity contribution >= 4 is 29.3 Å². The van der Waals surface area contributed by atoms with E-state index in [2.05, 4.69) is 4.98 Å². The molecule has 13 heavy (non-hydrogen) atoms. The molecule has 1 aromatic heterocycles. The topological polar surface area (TPSA) is 56.0 Å². The van der Waals surface area contributed by atoms with Gasteiger partial charge in [-0.25, -0.2) is 4.98 Å². The molecule has 0 spiro atoms. The van der Waals surface area contributed by atoms with Gasteiger partial charge in [0, 0.05) is 5.56 Å². The first kappa shape index (κ1) is 10.3. The van der Waals surface area contributed by atoms with Crippen LogP contribution in [0.3, 0.4) is 0 Å². The Hall–Kier alpha value is -0.740. The van der Waals surface area contributed by atoms with Crippen LogP contribution < -0.4 is 5.73 Å². The molecule has 0 saturated carbocycles. The van der Waals surface area contributed by atoms with E-state index in [1.54, 1.807) is 6.07 Å². The highest BCUT2D eigenvalue weighted by molar-refractivity contribution is 7.99. The number of carbonyl (C=O) groups excluding carboxylic acids is 1. The van der Waals surface area contributed by atoms with Gasteiger partial charge in [-0.1, -0.05) is 18.5 Å². The molecule has 1 rings (SSSR count). The molecule has 1 amide bonds. The van der Waals surface area contributed by atoms with Crippen LogP contribution in [0.1, 0.15) is 17.3 Å². The van der Waals surface area contributed by atoms with Crippen LogP contribution in [0.5, 0.6) is 0 Å². The lowest BCUT2D eigenvalue weighted by molar-refractivity contribution is 0.1000. The van der Waals surface area contributed by atoms with Gasteiger partial charge < -0.3 is 5.73 Å². The van der Waals surface area contributed by atoms with Gasteiger partial charge in [0.1, 0.15) is 5.15 Å². The van der Waals surface area contributed by atoms with Gasteiger partial charge in [-0.3, -0.25) is 4.79 Å². The van der Waals surface area contributed by atoms with Crippen molar-refractivity contribution < 1.29 is 4.79 Å². The van der Waals surface area contributed by atoms with Crippen molar-refractivity contribution in [3.05, 3.63) is 22.8 Å². The van der Waals surface area contributed by atoms with E-state index in [0.29, 0.717) is 10.7 Å². The first-order valence-corrected chi connectivity index (χ1v) is 5.10. The van der Waals surface area contributed by atoms with Gasteiger partial charge in [0.2, 0.25) is 5.91 Å². The minimum absolute atomic E-state index is 0.298. The summed E-state index contributed by atoms with van der Waals surface area (Å²) in [5.74, 6) is 0.396. The fraction of sp³-hybridized carbons (Fsp3) is 0.250. The van der Waals surface area contributed by atoms with Gasteiger partial charge in [-0.15, -0.1) is 11.8 Å². The molecule has 0 saturated heterocycles. The van der Waals surface area contributed by atoms with E-state index in [1.807, 2.05) is 6.92 Å². The molecule has 5 heteroatoms. The van der Waals surface area contributed by atoms with Crippen molar-refractivity contribution in [2.24, 2.45) is 5.73 Å². The Bertz CT molecular complexity index is 330. The van der Waals surface area contributed by atoms with E-state index >= 15 is 0 Å². The molecule has 0 aliphatic rings. The van der Waals surface area contributed by atoms with E-state index in [0.717, 1.165) is 10.8 Å². The SMILES string of the molecule is CCSc1cc(C(N)=O)cc(Cl)n1. The van der Waals surface area contributed by atoms with Gasteiger partial charge in [0.15, 0.2) is 0 Å². The van der Waals surface area contributed by atoms with Crippen molar-refractivity contribution in [3.8, 4) is 0 Å². The second kappa shape index (κ2) is 4.48. The van der Waals surface area contributed by atoms with Gasteiger partial charge >= 0.3 is 0 Å². The summed E-state index contributed by atoms with van der Waals surface area (Å²) in [5.41, 5.74) is 5.51. The molecule has 0 bridgehead atoms. The highest BCUT2D eigenvalue weighted by Crippen LogP contribution is 2.19. The maximum atomic E-state index is 10.8. The van der Waals surface area contributed by atoms with Crippen molar-refractivity contribution in [3.63, 3.8) is 0 Å². The summed E-state index contributed by atoms with van der Waals surface area (Å²) in [6, 6.07) is 3.10. The average molecular weight is 217 g/mol. The third-order valence-electron chi connectivity index (χ3n) is 1.35. The Morgan fingerprint density at radius 3 is 2.92 bits per heavy atom. The molecule has 3 nitrogen and oxygen atoms in total. The minimum atomic E-state index is -0.484. The second-order valence-electron chi connectivity index (χ2n) is 2.31. The number of pyridine rings is 1. The number of primary amides is 1. The molecule has 0 unspecified atom stereocenters. The Labute approximate surface area is 85.7 Å². The fourth-order valence-electron chi connectivity index (χ4n) is 0.837. The number of nitrogens with two attached hydrogens (primary N) is 1. The van der Waals surface area contributed by atoms with Crippen molar-refractivity contribution in [2.45, 2.75) is 11.9 Å². The zero-order valence-electron chi connectivity index (χ0n) is 7.08. The number of rotatable bonds is 3. The van der Waals surface area contributed by atoms with Crippen molar-refractivity contribution in [1.82, 2.24) is 4.98 Å². The third kappa shape index (κ3) is 2.90. The maximum Gasteiger partial charge on any atom is 0.248 e. The first-order chi connectivity index (χ1) is 6.13. The molecule has 0 atom stereocenters. The second-order valence-corrected chi connectivity index (χ2v) is 3.99. The summed E-state index contributed by atoms with van der Waals surface area (Å²) in [6.07, 6.45) is 0. The molecule has 0 aliphatic carbocycles. The summed E-state index contributed by atoms with van der Waals surface area (Å²) >= 11 is 7.22. The van der Waals surface area contributed by atoms with Crippen LogP contribution in [0.2, 0.25) is 5.15 Å². The van der Waals surface area contributed by atoms with Crippen LogP contribution in [0.25, 0.3) is 0 Å². The maximum absolute atomic E-state index is 10.8. The molecular formula is C8H9ClN2OS. The number of nitrogens with zero attached hydrogens (tertiary/aromatic N) is 1. The molecular weight excluding hydrogens is 208 g/mol. The fourth-order valence-corrected chi connectivity index (χ4v) is 1.76. The number of hydrogen-bond acceptors (Lipinski definition) is 3. The molecule has 0 aromatic carbocycles. The van der Waals surface area contributed by atoms with Gasteiger partial charge in [0.05, 0.1) is 5.03 Å². The van der Waals surface area contributed by atoms with Crippen molar-refractivity contribution in [2.75, 3.05) is 5.75 Å². The number of thioether (sulfide) groups is 1. The highest BCUT2D eigenvalue weighted by Gasteiger charge is 2.05. The van der Waals surface area contributed by atoms with Crippen LogP contribution in [0.15, 0.2) is 17.2 Å². The standard InChI is InChI=1S/C8H9ClN2OS/c1-2-13-7-4-5(8(10)12)3-6(9)11-7/h3-4H,2H2,1H3,(H2,10,12). The molecule has 1 aromatic rings. The number of hydrogen-bond donors (Lipinski definition) is 1. The van der Waals surface area contributed by atoms with Gasteiger partial charge in [-0.05, 0) is 17.9 Å². The number of halogens is 1. The molecule has 2 N–H and O–H groups in total. The Morgan fingerprint density at radius 2 is 2.38 bits per heavy atom. The lowest BCUT2D eigenvalue weighted by Crippen LogP contribution is -2.11. The van der Waals surface area contributed by atoms with Gasteiger partial charge in [0.25, 0.3) is 0 Å². The summed E-state index contributed by atoms with van der Waals surface area (Å²) < 4.78 is 0. The first-order valence-electron chi connectivity index (χ1n) is 3.73. The Kier molecular flexibility index (Phi) is 3.57. The summed E-state index contributed by atoms with van der Waals surface area (Å²) in [4.78, 5) is 14.9. The normalized spacial score (nSPS) is 10.0. The van der Waals surface area contributed by atoms with Crippen LogP contribution in [0, 0.1) is 0 Å². The molecule has 0 fully saturated rings. The lowest BCUT2D eigenvalue weighted by Gasteiger charge is -2.01. The van der Waals surface area contributed by atoms with E-state index in [1.165, 1.54) is 17.8 Å². The Morgan fingerprint density at radius 1 is 1.69 bits per heavy atom. The van der Waals surface area contributed by atoms with Crippen LogP contribution in [0.4, 0.5) is 0 Å². The van der Waals surface area contributed by atoms with E-state index in [4.69, 9.17) is 17.3 Å². The average Bonchev–Trinajstić information content (AvgIpc) is 2.03.